The predicted molar refractivity (Wildman–Crippen MR) is 142 cm³/mol. The highest BCUT2D eigenvalue weighted by atomic mass is 32.2. The van der Waals surface area contributed by atoms with Gasteiger partial charge in [-0.05, 0) is 55.5 Å². The van der Waals surface area contributed by atoms with Crippen LogP contribution in [0, 0.1) is 0 Å². The van der Waals surface area contributed by atoms with Crippen LogP contribution in [0.25, 0.3) is 17.1 Å². The molecular formula is C26H26N6O4S. The summed E-state index contributed by atoms with van der Waals surface area (Å²) < 4.78 is 18.1. The van der Waals surface area contributed by atoms with Gasteiger partial charge in [0.15, 0.2) is 22.5 Å². The van der Waals surface area contributed by atoms with E-state index in [9.17, 15) is 4.79 Å². The van der Waals surface area contributed by atoms with Gasteiger partial charge in [0.25, 0.3) is 5.91 Å². The molecule has 2 aromatic carbocycles. The van der Waals surface area contributed by atoms with Gasteiger partial charge in [0, 0.05) is 29.2 Å². The molecule has 4 aromatic rings. The molecule has 0 saturated carbocycles. The average Bonchev–Trinajstić information content (AvgIpc) is 3.36. The third-order valence-electron chi connectivity index (χ3n) is 5.12. The highest BCUT2D eigenvalue weighted by molar-refractivity contribution is 7.99. The molecule has 4 rings (SSSR count). The average molecular weight is 519 g/mol. The number of nitrogens with zero attached hydrogens (tertiary/aromatic N) is 5. The molecule has 190 valence electrons. The van der Waals surface area contributed by atoms with Gasteiger partial charge in [0.1, 0.15) is 5.75 Å². The quantitative estimate of drug-likeness (QED) is 0.180. The summed E-state index contributed by atoms with van der Waals surface area (Å²) in [7, 11) is 3.11. The molecule has 10 nitrogen and oxygen atoms in total. The van der Waals surface area contributed by atoms with E-state index in [1.165, 1.54) is 18.0 Å². The Morgan fingerprint density at radius 3 is 2.62 bits per heavy atom. The van der Waals surface area contributed by atoms with E-state index in [1.807, 2.05) is 60.0 Å². The first-order valence-corrected chi connectivity index (χ1v) is 12.4. The number of para-hydroxylation sites is 1. The number of carbonyl (C=O) groups excluding carboxylic acids is 1. The van der Waals surface area contributed by atoms with Gasteiger partial charge >= 0.3 is 0 Å². The Hall–Kier alpha value is -4.38. The SMILES string of the molecule is CCOc1ccc(-n2c(SCC(=O)N/N=C\c3cccc(OC)c3OC)nnc2-c2cccnc2)cc1. The Bertz CT molecular complexity index is 1360. The van der Waals surface area contributed by atoms with Gasteiger partial charge in [-0.25, -0.2) is 5.43 Å². The van der Waals surface area contributed by atoms with Crippen LogP contribution in [0.1, 0.15) is 12.5 Å². The number of carbonyl (C=O) groups is 1. The summed E-state index contributed by atoms with van der Waals surface area (Å²) >= 11 is 1.25. The zero-order valence-electron chi connectivity index (χ0n) is 20.6. The van der Waals surface area contributed by atoms with Gasteiger partial charge in [-0.2, -0.15) is 5.10 Å². The van der Waals surface area contributed by atoms with E-state index in [0.29, 0.717) is 34.7 Å². The summed E-state index contributed by atoms with van der Waals surface area (Å²) in [4.78, 5) is 16.7. The number of pyridine rings is 1. The molecule has 1 amide bonds. The molecule has 2 heterocycles. The third-order valence-corrected chi connectivity index (χ3v) is 6.05. The van der Waals surface area contributed by atoms with Crippen LogP contribution in [-0.2, 0) is 4.79 Å². The lowest BCUT2D eigenvalue weighted by Crippen LogP contribution is -2.20. The van der Waals surface area contributed by atoms with E-state index >= 15 is 0 Å². The fourth-order valence-electron chi connectivity index (χ4n) is 3.49. The van der Waals surface area contributed by atoms with E-state index in [0.717, 1.165) is 17.0 Å². The first-order chi connectivity index (χ1) is 18.1. The Kier molecular flexibility index (Phi) is 8.71. The maximum absolute atomic E-state index is 12.5. The molecule has 11 heteroatoms. The highest BCUT2D eigenvalue weighted by Crippen LogP contribution is 2.30. The van der Waals surface area contributed by atoms with Gasteiger partial charge in [0.05, 0.1) is 32.8 Å². The third kappa shape index (κ3) is 6.25. The van der Waals surface area contributed by atoms with Gasteiger partial charge in [0.2, 0.25) is 0 Å². The van der Waals surface area contributed by atoms with Crippen molar-refractivity contribution in [3.63, 3.8) is 0 Å². The van der Waals surface area contributed by atoms with E-state index < -0.39 is 0 Å². The number of thioether (sulfide) groups is 1. The summed E-state index contributed by atoms with van der Waals surface area (Å²) in [5, 5.41) is 13.3. The lowest BCUT2D eigenvalue weighted by molar-refractivity contribution is -0.118. The van der Waals surface area contributed by atoms with Crippen LogP contribution in [-0.4, -0.2) is 58.4 Å². The summed E-state index contributed by atoms with van der Waals surface area (Å²) in [6.07, 6.45) is 4.92. The van der Waals surface area contributed by atoms with Gasteiger partial charge in [-0.15, -0.1) is 10.2 Å². The summed E-state index contributed by atoms with van der Waals surface area (Å²) in [6, 6.07) is 16.8. The number of aromatic nitrogens is 4. The summed E-state index contributed by atoms with van der Waals surface area (Å²) in [6.45, 7) is 2.52. The van der Waals surface area contributed by atoms with Crippen molar-refractivity contribution in [3.05, 3.63) is 72.6 Å². The lowest BCUT2D eigenvalue weighted by Gasteiger charge is -2.11. The van der Waals surface area contributed by atoms with Crippen molar-refractivity contribution in [3.8, 4) is 34.3 Å². The molecule has 0 aliphatic carbocycles. The van der Waals surface area contributed by atoms with E-state index in [1.54, 1.807) is 32.7 Å². The number of amides is 1. The summed E-state index contributed by atoms with van der Waals surface area (Å²) in [5.74, 6) is 2.27. The molecule has 0 atom stereocenters. The van der Waals surface area contributed by atoms with Crippen LogP contribution >= 0.6 is 11.8 Å². The van der Waals surface area contributed by atoms with Crippen LogP contribution in [0.5, 0.6) is 17.2 Å². The maximum Gasteiger partial charge on any atom is 0.250 e. The Morgan fingerprint density at radius 1 is 1.08 bits per heavy atom. The largest absolute Gasteiger partial charge is 0.494 e. The minimum atomic E-state index is -0.299. The first-order valence-electron chi connectivity index (χ1n) is 11.4. The fourth-order valence-corrected chi connectivity index (χ4v) is 4.23. The van der Waals surface area contributed by atoms with E-state index in [2.05, 4.69) is 25.7 Å². The Labute approximate surface area is 218 Å². The second kappa shape index (κ2) is 12.5. The molecule has 0 spiro atoms. The van der Waals surface area contributed by atoms with Crippen LogP contribution in [0.4, 0.5) is 0 Å². The number of hydrazone groups is 1. The van der Waals surface area contributed by atoms with Crippen molar-refractivity contribution < 1.29 is 19.0 Å². The van der Waals surface area contributed by atoms with Crippen molar-refractivity contribution in [2.75, 3.05) is 26.6 Å². The number of methoxy groups -OCH3 is 2. The molecular weight excluding hydrogens is 492 g/mol. The monoisotopic (exact) mass is 518 g/mol. The van der Waals surface area contributed by atoms with Crippen molar-refractivity contribution in [2.24, 2.45) is 5.10 Å². The van der Waals surface area contributed by atoms with Crippen LogP contribution in [0.2, 0.25) is 0 Å². The first kappa shape index (κ1) is 25.7. The maximum atomic E-state index is 12.5. The lowest BCUT2D eigenvalue weighted by atomic mass is 10.2. The van der Waals surface area contributed by atoms with Crippen LogP contribution in [0.3, 0.4) is 0 Å². The molecule has 0 aliphatic rings. The van der Waals surface area contributed by atoms with Crippen molar-refractivity contribution in [2.45, 2.75) is 12.1 Å². The van der Waals surface area contributed by atoms with Crippen molar-refractivity contribution >= 4 is 23.9 Å². The second-order valence-electron chi connectivity index (χ2n) is 7.47. The molecule has 0 radical (unpaired) electrons. The van der Waals surface area contributed by atoms with Gasteiger partial charge < -0.3 is 14.2 Å². The number of rotatable bonds is 11. The van der Waals surface area contributed by atoms with Crippen molar-refractivity contribution in [1.29, 1.82) is 0 Å². The van der Waals surface area contributed by atoms with Crippen LogP contribution < -0.4 is 19.6 Å². The topological polar surface area (TPSA) is 113 Å². The number of ether oxygens (including phenoxy) is 3. The molecule has 0 unspecified atom stereocenters. The predicted octanol–water partition coefficient (Wildman–Crippen LogP) is 3.99. The summed E-state index contributed by atoms with van der Waals surface area (Å²) in [5.41, 5.74) is 4.85. The number of benzene rings is 2. The second-order valence-corrected chi connectivity index (χ2v) is 8.42. The highest BCUT2D eigenvalue weighted by Gasteiger charge is 2.17. The minimum Gasteiger partial charge on any atom is -0.494 e. The number of nitrogens with one attached hydrogen (secondary N) is 1. The molecule has 0 fully saturated rings. The van der Waals surface area contributed by atoms with Gasteiger partial charge in [-0.1, -0.05) is 17.8 Å². The zero-order valence-corrected chi connectivity index (χ0v) is 21.4. The molecule has 1 N–H and O–H groups in total. The number of hydrogen-bond donors (Lipinski definition) is 1. The van der Waals surface area contributed by atoms with Crippen molar-refractivity contribution in [1.82, 2.24) is 25.2 Å². The van der Waals surface area contributed by atoms with E-state index in [-0.39, 0.29) is 11.7 Å². The smallest absolute Gasteiger partial charge is 0.250 e. The standard InChI is InChI=1S/C26H26N6O4S/c1-4-36-21-12-10-20(11-13-21)32-25(19-8-6-14-27-15-19)30-31-26(32)37-17-23(33)29-28-16-18-7-5-9-22(34-2)24(18)35-3/h5-16H,4,17H2,1-3H3,(H,29,33)/b28-16-. The van der Waals surface area contributed by atoms with E-state index in [4.69, 9.17) is 14.2 Å². The normalized spacial score (nSPS) is 10.9. The Morgan fingerprint density at radius 2 is 1.92 bits per heavy atom. The number of hydrogen-bond acceptors (Lipinski definition) is 9. The minimum absolute atomic E-state index is 0.0782. The Balaban J connectivity index is 1.50. The molecule has 0 saturated heterocycles. The molecule has 0 aliphatic heterocycles. The molecule has 2 aromatic heterocycles. The zero-order chi connectivity index (χ0) is 26.0. The van der Waals surface area contributed by atoms with Gasteiger partial charge in [-0.3, -0.25) is 14.3 Å². The van der Waals surface area contributed by atoms with Crippen LogP contribution in [0.15, 0.2) is 77.2 Å². The fraction of sp³-hybridized carbons (Fsp3) is 0.192. The molecule has 0 bridgehead atoms. The molecule has 37 heavy (non-hydrogen) atoms.